The van der Waals surface area contributed by atoms with Crippen molar-refractivity contribution < 1.29 is 14.5 Å². The number of nitro groups is 1. The summed E-state index contributed by atoms with van der Waals surface area (Å²) in [5.74, 6) is -0.290. The van der Waals surface area contributed by atoms with Crippen molar-refractivity contribution in [3.8, 4) is 5.75 Å². The second-order valence-corrected chi connectivity index (χ2v) is 5.37. The topological polar surface area (TPSA) is 94.4 Å². The molecular weight excluding hydrogens is 310 g/mol. The minimum atomic E-state index is -0.564. The Bertz CT molecular complexity index is 779. The van der Waals surface area contributed by atoms with Gasteiger partial charge in [-0.2, -0.15) is 0 Å². The highest BCUT2D eigenvalue weighted by atomic mass is 16.6. The monoisotopic (exact) mass is 329 g/mol. The molecule has 7 heteroatoms. The largest absolute Gasteiger partial charge is 0.487 e. The number of hydrogen-bond acceptors (Lipinski definition) is 5. The Kier molecular flexibility index (Phi) is 5.13. The second-order valence-electron chi connectivity index (χ2n) is 5.37. The molecule has 0 bridgehead atoms. The van der Waals surface area contributed by atoms with Crippen molar-refractivity contribution in [2.75, 3.05) is 11.9 Å². The van der Waals surface area contributed by atoms with Gasteiger partial charge in [-0.05, 0) is 51.5 Å². The first-order chi connectivity index (χ1) is 11.3. The maximum atomic E-state index is 12.4. The van der Waals surface area contributed by atoms with E-state index in [2.05, 4.69) is 10.3 Å². The lowest BCUT2D eigenvalue weighted by atomic mass is 10.1. The molecule has 0 spiro atoms. The number of rotatable bonds is 5. The third-order valence-corrected chi connectivity index (χ3v) is 3.48. The number of anilines is 1. The van der Waals surface area contributed by atoms with Crippen LogP contribution in [0.3, 0.4) is 0 Å². The summed E-state index contributed by atoms with van der Waals surface area (Å²) in [5, 5.41) is 13.9. The van der Waals surface area contributed by atoms with Crippen LogP contribution in [-0.4, -0.2) is 22.4 Å². The van der Waals surface area contributed by atoms with Gasteiger partial charge in [0.1, 0.15) is 0 Å². The van der Waals surface area contributed by atoms with Gasteiger partial charge in [-0.1, -0.05) is 0 Å². The van der Waals surface area contributed by atoms with Crippen molar-refractivity contribution in [2.24, 2.45) is 0 Å². The first kappa shape index (κ1) is 17.4. The summed E-state index contributed by atoms with van der Waals surface area (Å²) in [4.78, 5) is 27.4. The third kappa shape index (κ3) is 3.68. The zero-order chi connectivity index (χ0) is 17.9. The van der Waals surface area contributed by atoms with E-state index < -0.39 is 10.8 Å². The smallest absolute Gasteiger partial charge is 0.311 e. The second kappa shape index (κ2) is 7.08. The molecule has 1 amide bonds. The summed E-state index contributed by atoms with van der Waals surface area (Å²) in [6, 6.07) is 6.01. The number of aromatic nitrogens is 1. The lowest BCUT2D eigenvalue weighted by Gasteiger charge is -2.12. The molecule has 1 heterocycles. The van der Waals surface area contributed by atoms with E-state index in [9.17, 15) is 14.9 Å². The summed E-state index contributed by atoms with van der Waals surface area (Å²) in [6.45, 7) is 7.59. The lowest BCUT2D eigenvalue weighted by molar-refractivity contribution is -0.385. The molecule has 1 aromatic carbocycles. The number of ether oxygens (including phenoxy) is 1. The van der Waals surface area contributed by atoms with Crippen LogP contribution < -0.4 is 10.1 Å². The number of nitrogens with zero attached hydrogens (tertiary/aromatic N) is 2. The summed E-state index contributed by atoms with van der Waals surface area (Å²) in [5.41, 5.74) is 3.00. The minimum absolute atomic E-state index is 0.142. The van der Waals surface area contributed by atoms with Gasteiger partial charge in [-0.3, -0.25) is 19.9 Å². The molecule has 0 aliphatic heterocycles. The molecule has 0 saturated heterocycles. The Balaban J connectivity index is 2.34. The van der Waals surface area contributed by atoms with Gasteiger partial charge in [0.05, 0.1) is 22.9 Å². The number of amides is 1. The van der Waals surface area contributed by atoms with Gasteiger partial charge in [0.2, 0.25) is 0 Å². The van der Waals surface area contributed by atoms with Crippen LogP contribution in [0, 0.1) is 30.9 Å². The van der Waals surface area contributed by atoms with Crippen LogP contribution in [0.15, 0.2) is 24.3 Å². The van der Waals surface area contributed by atoms with E-state index in [-0.39, 0.29) is 17.0 Å². The van der Waals surface area contributed by atoms with E-state index in [1.165, 1.54) is 18.2 Å². The number of carbonyl (C=O) groups is 1. The van der Waals surface area contributed by atoms with E-state index in [0.29, 0.717) is 18.0 Å². The number of hydrogen-bond donors (Lipinski definition) is 1. The Morgan fingerprint density at radius 2 is 2.00 bits per heavy atom. The van der Waals surface area contributed by atoms with E-state index >= 15 is 0 Å². The summed E-state index contributed by atoms with van der Waals surface area (Å²) in [6.07, 6.45) is 0. The van der Waals surface area contributed by atoms with Crippen LogP contribution in [0.2, 0.25) is 0 Å². The van der Waals surface area contributed by atoms with Crippen molar-refractivity contribution >= 4 is 17.3 Å². The highest BCUT2D eigenvalue weighted by Gasteiger charge is 2.19. The molecule has 0 fully saturated rings. The maximum Gasteiger partial charge on any atom is 0.311 e. The Labute approximate surface area is 139 Å². The Morgan fingerprint density at radius 3 is 2.58 bits per heavy atom. The van der Waals surface area contributed by atoms with E-state index in [0.717, 1.165) is 11.3 Å². The van der Waals surface area contributed by atoms with Gasteiger partial charge in [0, 0.05) is 17.3 Å². The molecule has 1 aromatic heterocycles. The molecule has 126 valence electrons. The molecule has 24 heavy (non-hydrogen) atoms. The summed E-state index contributed by atoms with van der Waals surface area (Å²) >= 11 is 0. The lowest BCUT2D eigenvalue weighted by Crippen LogP contribution is -2.15. The van der Waals surface area contributed by atoms with Crippen molar-refractivity contribution in [3.63, 3.8) is 0 Å². The Hall–Kier alpha value is -2.96. The van der Waals surface area contributed by atoms with Gasteiger partial charge in [0.15, 0.2) is 5.75 Å². The molecule has 0 aliphatic rings. The molecule has 2 aromatic rings. The number of nitrogens with one attached hydrogen (secondary N) is 1. The Morgan fingerprint density at radius 1 is 1.29 bits per heavy atom. The number of carbonyl (C=O) groups excluding carboxylic acids is 1. The highest BCUT2D eigenvalue weighted by molar-refractivity contribution is 6.05. The van der Waals surface area contributed by atoms with Crippen molar-refractivity contribution in [1.82, 2.24) is 4.98 Å². The standard InChI is InChI=1S/C17H19N3O4/c1-5-24-15-7-6-13(9-14(15)20(22)23)17(21)19-16-10(2)8-11(3)18-12(16)4/h6-9H,5H2,1-4H3,(H,19,21). The average molecular weight is 329 g/mol. The minimum Gasteiger partial charge on any atom is -0.487 e. The first-order valence-corrected chi connectivity index (χ1v) is 7.51. The van der Waals surface area contributed by atoms with Gasteiger partial charge < -0.3 is 10.1 Å². The van der Waals surface area contributed by atoms with Gasteiger partial charge in [-0.15, -0.1) is 0 Å². The van der Waals surface area contributed by atoms with Crippen molar-refractivity contribution in [1.29, 1.82) is 0 Å². The molecule has 0 unspecified atom stereocenters. The van der Waals surface area contributed by atoms with Crippen molar-refractivity contribution in [2.45, 2.75) is 27.7 Å². The molecule has 7 nitrogen and oxygen atoms in total. The van der Waals surface area contributed by atoms with Crippen LogP contribution in [-0.2, 0) is 0 Å². The molecular formula is C17H19N3O4. The van der Waals surface area contributed by atoms with Crippen LogP contribution in [0.5, 0.6) is 5.75 Å². The summed E-state index contributed by atoms with van der Waals surface area (Å²) < 4.78 is 5.22. The molecule has 0 atom stereocenters. The van der Waals surface area contributed by atoms with Crippen LogP contribution in [0.25, 0.3) is 0 Å². The number of pyridine rings is 1. The number of nitro benzene ring substituents is 1. The van der Waals surface area contributed by atoms with Crippen LogP contribution >= 0.6 is 0 Å². The molecule has 1 N–H and O–H groups in total. The fourth-order valence-electron chi connectivity index (χ4n) is 2.48. The third-order valence-electron chi connectivity index (χ3n) is 3.48. The van der Waals surface area contributed by atoms with Gasteiger partial charge in [0.25, 0.3) is 5.91 Å². The predicted octanol–water partition coefficient (Wildman–Crippen LogP) is 3.57. The predicted molar refractivity (Wildman–Crippen MR) is 90.7 cm³/mol. The first-order valence-electron chi connectivity index (χ1n) is 7.51. The highest BCUT2D eigenvalue weighted by Crippen LogP contribution is 2.28. The molecule has 0 saturated carbocycles. The maximum absolute atomic E-state index is 12.4. The van der Waals surface area contributed by atoms with Crippen molar-refractivity contribution in [3.05, 3.63) is 56.9 Å². The van der Waals surface area contributed by atoms with E-state index in [1.54, 1.807) is 13.8 Å². The average Bonchev–Trinajstić information content (AvgIpc) is 2.51. The molecule has 0 radical (unpaired) electrons. The molecule has 0 aliphatic carbocycles. The fraction of sp³-hybridized carbons (Fsp3) is 0.294. The number of aryl methyl sites for hydroxylation is 3. The number of benzene rings is 1. The SMILES string of the molecule is CCOc1ccc(C(=O)Nc2c(C)cc(C)nc2C)cc1[N+](=O)[O-]. The normalized spacial score (nSPS) is 10.3. The zero-order valence-corrected chi connectivity index (χ0v) is 14.0. The van der Waals surface area contributed by atoms with Gasteiger partial charge >= 0.3 is 5.69 Å². The molecule has 2 rings (SSSR count). The summed E-state index contributed by atoms with van der Waals surface area (Å²) in [7, 11) is 0. The van der Waals surface area contributed by atoms with Gasteiger partial charge in [-0.25, -0.2) is 0 Å². The van der Waals surface area contributed by atoms with Crippen LogP contribution in [0.4, 0.5) is 11.4 Å². The van der Waals surface area contributed by atoms with E-state index in [1.807, 2.05) is 19.9 Å². The fourth-order valence-corrected chi connectivity index (χ4v) is 2.48. The van der Waals surface area contributed by atoms with E-state index in [4.69, 9.17) is 4.74 Å². The van der Waals surface area contributed by atoms with Crippen LogP contribution in [0.1, 0.15) is 34.2 Å². The quantitative estimate of drug-likeness (QED) is 0.668. The zero-order valence-electron chi connectivity index (χ0n) is 14.0.